The summed E-state index contributed by atoms with van der Waals surface area (Å²) in [6, 6.07) is 0. The molecule has 0 aliphatic rings. The van der Waals surface area contributed by atoms with E-state index in [1.807, 2.05) is 27.7 Å². The van der Waals surface area contributed by atoms with Gasteiger partial charge in [0.2, 0.25) is 0 Å². The van der Waals surface area contributed by atoms with Crippen molar-refractivity contribution in [2.24, 2.45) is 0 Å². The predicted molar refractivity (Wildman–Crippen MR) is 69.8 cm³/mol. The molecule has 0 atom stereocenters. The number of methoxy groups -OCH3 is 2. The molecule has 0 amide bonds. The van der Waals surface area contributed by atoms with Gasteiger partial charge in [0.25, 0.3) is 0 Å². The van der Waals surface area contributed by atoms with Crippen LogP contribution in [0.25, 0.3) is 0 Å². The van der Waals surface area contributed by atoms with Crippen molar-refractivity contribution < 1.29 is 28.8 Å². The monoisotopic (exact) mass is 278 g/mol. The van der Waals surface area contributed by atoms with Crippen LogP contribution >= 0.6 is 0 Å². The van der Waals surface area contributed by atoms with Crippen molar-refractivity contribution >= 4 is 6.16 Å². The van der Waals surface area contributed by atoms with E-state index in [0.29, 0.717) is 12.8 Å². The summed E-state index contributed by atoms with van der Waals surface area (Å²) >= 11 is 0. The highest BCUT2D eigenvalue weighted by Crippen LogP contribution is 2.13. The Labute approximate surface area is 115 Å². The molecule has 0 aromatic carbocycles. The van der Waals surface area contributed by atoms with Crippen LogP contribution in [0, 0.1) is 0 Å². The lowest BCUT2D eigenvalue weighted by Crippen LogP contribution is -2.26. The molecular formula is C13H26O6. The van der Waals surface area contributed by atoms with Gasteiger partial charge in [-0.1, -0.05) is 0 Å². The van der Waals surface area contributed by atoms with Crippen molar-refractivity contribution in [1.82, 2.24) is 0 Å². The highest BCUT2D eigenvalue weighted by Gasteiger charge is 2.18. The van der Waals surface area contributed by atoms with E-state index in [-0.39, 0.29) is 24.4 Å². The second kappa shape index (κ2) is 8.35. The fourth-order valence-corrected chi connectivity index (χ4v) is 0.986. The van der Waals surface area contributed by atoms with Crippen molar-refractivity contribution in [3.05, 3.63) is 0 Å². The van der Waals surface area contributed by atoms with Gasteiger partial charge in [0.15, 0.2) is 0 Å². The Kier molecular flexibility index (Phi) is 7.97. The van der Waals surface area contributed by atoms with Gasteiger partial charge in [-0.05, 0) is 27.7 Å². The Morgan fingerprint density at radius 2 is 1.37 bits per heavy atom. The van der Waals surface area contributed by atoms with Crippen LogP contribution in [-0.4, -0.2) is 44.8 Å². The molecular weight excluding hydrogens is 252 g/mol. The molecule has 0 aliphatic carbocycles. The van der Waals surface area contributed by atoms with Crippen LogP contribution in [0.15, 0.2) is 0 Å². The van der Waals surface area contributed by atoms with E-state index in [2.05, 4.69) is 4.89 Å². The molecule has 0 unspecified atom stereocenters. The fourth-order valence-electron chi connectivity index (χ4n) is 0.986. The van der Waals surface area contributed by atoms with Crippen LogP contribution in [0.1, 0.15) is 40.5 Å². The Hall–Kier alpha value is -0.850. The van der Waals surface area contributed by atoms with Gasteiger partial charge in [-0.2, -0.15) is 4.89 Å². The largest absolute Gasteiger partial charge is 0.540 e. The van der Waals surface area contributed by atoms with E-state index in [4.69, 9.17) is 19.1 Å². The van der Waals surface area contributed by atoms with Crippen LogP contribution in [0.3, 0.4) is 0 Å². The molecule has 0 radical (unpaired) electrons. The molecule has 0 spiro atoms. The predicted octanol–water partition coefficient (Wildman–Crippen LogP) is 2.70. The summed E-state index contributed by atoms with van der Waals surface area (Å²) in [5.74, 6) is 0. The van der Waals surface area contributed by atoms with E-state index in [1.165, 1.54) is 0 Å². The standard InChI is InChI=1S/C13H26O6/c1-12(2,15-5)7-9-17-11(14)19-18-10-8-13(3,4)16-6/h7-10H2,1-6H3. The minimum Gasteiger partial charge on any atom is -0.432 e. The normalized spacial score (nSPS) is 12.3. The molecule has 0 heterocycles. The van der Waals surface area contributed by atoms with Gasteiger partial charge in [0, 0.05) is 27.1 Å². The number of ether oxygens (including phenoxy) is 3. The maximum Gasteiger partial charge on any atom is 0.540 e. The molecule has 6 nitrogen and oxygen atoms in total. The third kappa shape index (κ3) is 9.69. The number of hydrogen-bond acceptors (Lipinski definition) is 6. The summed E-state index contributed by atoms with van der Waals surface area (Å²) < 4.78 is 15.2. The molecule has 0 fully saturated rings. The van der Waals surface area contributed by atoms with Gasteiger partial charge in [-0.3, -0.25) is 4.89 Å². The van der Waals surface area contributed by atoms with Crippen LogP contribution in [0.2, 0.25) is 0 Å². The van der Waals surface area contributed by atoms with Gasteiger partial charge in [0.05, 0.1) is 24.4 Å². The van der Waals surface area contributed by atoms with E-state index in [0.717, 1.165) is 0 Å². The average Bonchev–Trinajstić information content (AvgIpc) is 2.34. The van der Waals surface area contributed by atoms with Crippen molar-refractivity contribution in [2.45, 2.75) is 51.7 Å². The van der Waals surface area contributed by atoms with E-state index in [1.54, 1.807) is 14.2 Å². The van der Waals surface area contributed by atoms with Gasteiger partial charge in [-0.15, -0.1) is 0 Å². The topological polar surface area (TPSA) is 63.2 Å². The highest BCUT2D eigenvalue weighted by molar-refractivity contribution is 5.58. The highest BCUT2D eigenvalue weighted by atomic mass is 17.2. The number of hydrogen-bond donors (Lipinski definition) is 0. The summed E-state index contributed by atoms with van der Waals surface area (Å²) in [6.07, 6.45) is 0.338. The molecule has 0 rings (SSSR count). The lowest BCUT2D eigenvalue weighted by atomic mass is 10.1. The lowest BCUT2D eigenvalue weighted by Gasteiger charge is -2.22. The summed E-state index contributed by atoms with van der Waals surface area (Å²) in [7, 11) is 3.23. The van der Waals surface area contributed by atoms with Gasteiger partial charge < -0.3 is 14.2 Å². The third-order valence-electron chi connectivity index (χ3n) is 2.94. The Balaban J connectivity index is 3.61. The van der Waals surface area contributed by atoms with Crippen LogP contribution in [-0.2, 0) is 24.0 Å². The zero-order valence-corrected chi connectivity index (χ0v) is 12.8. The van der Waals surface area contributed by atoms with Crippen molar-refractivity contribution in [3.63, 3.8) is 0 Å². The zero-order valence-electron chi connectivity index (χ0n) is 12.8. The average molecular weight is 278 g/mol. The molecule has 0 aromatic heterocycles. The van der Waals surface area contributed by atoms with E-state index in [9.17, 15) is 4.79 Å². The zero-order chi connectivity index (χ0) is 14.9. The first-order valence-electron chi connectivity index (χ1n) is 6.29. The molecule has 6 heteroatoms. The maximum absolute atomic E-state index is 11.2. The first-order chi connectivity index (χ1) is 8.72. The minimum absolute atomic E-state index is 0.215. The van der Waals surface area contributed by atoms with E-state index >= 15 is 0 Å². The second-order valence-electron chi connectivity index (χ2n) is 5.43. The molecule has 19 heavy (non-hydrogen) atoms. The molecule has 0 saturated carbocycles. The number of carbonyl (C=O) groups excluding carboxylic acids is 1. The summed E-state index contributed by atoms with van der Waals surface area (Å²) in [5.41, 5.74) is -0.640. The van der Waals surface area contributed by atoms with Crippen LogP contribution in [0.5, 0.6) is 0 Å². The van der Waals surface area contributed by atoms with Crippen molar-refractivity contribution in [3.8, 4) is 0 Å². The minimum atomic E-state index is -0.845. The fraction of sp³-hybridized carbons (Fsp3) is 0.923. The first kappa shape index (κ1) is 18.1. The number of carbonyl (C=O) groups is 1. The third-order valence-corrected chi connectivity index (χ3v) is 2.94. The SMILES string of the molecule is COC(C)(C)CCOOC(=O)OCCC(C)(C)OC. The van der Waals surface area contributed by atoms with Crippen LogP contribution < -0.4 is 0 Å². The Morgan fingerprint density at radius 3 is 1.84 bits per heavy atom. The second-order valence-corrected chi connectivity index (χ2v) is 5.43. The van der Waals surface area contributed by atoms with Crippen LogP contribution in [0.4, 0.5) is 4.79 Å². The number of rotatable bonds is 9. The molecule has 0 bridgehead atoms. The summed E-state index contributed by atoms with van der Waals surface area (Å²) in [4.78, 5) is 20.4. The summed E-state index contributed by atoms with van der Waals surface area (Å²) in [6.45, 7) is 8.12. The smallest absolute Gasteiger partial charge is 0.432 e. The molecule has 0 aliphatic heterocycles. The van der Waals surface area contributed by atoms with Crippen molar-refractivity contribution in [1.29, 1.82) is 0 Å². The Bertz CT molecular complexity index is 262. The van der Waals surface area contributed by atoms with Gasteiger partial charge in [-0.25, -0.2) is 4.79 Å². The van der Waals surface area contributed by atoms with Gasteiger partial charge in [0.1, 0.15) is 0 Å². The quantitative estimate of drug-likeness (QED) is 0.280. The first-order valence-corrected chi connectivity index (χ1v) is 6.29. The Morgan fingerprint density at radius 1 is 0.895 bits per heavy atom. The van der Waals surface area contributed by atoms with Crippen molar-refractivity contribution in [2.75, 3.05) is 27.4 Å². The molecule has 0 saturated heterocycles. The molecule has 0 aromatic rings. The van der Waals surface area contributed by atoms with Gasteiger partial charge >= 0.3 is 6.16 Å². The summed E-state index contributed by atoms with van der Waals surface area (Å²) in [5, 5.41) is 0. The van der Waals surface area contributed by atoms with E-state index < -0.39 is 6.16 Å². The lowest BCUT2D eigenvalue weighted by molar-refractivity contribution is -0.260. The maximum atomic E-state index is 11.2. The molecule has 0 N–H and O–H groups in total. The molecule has 114 valence electrons.